The van der Waals surface area contributed by atoms with Crippen LogP contribution in [0.3, 0.4) is 0 Å². The average Bonchev–Trinajstić information content (AvgIpc) is 2.78. The number of aromatic nitrogens is 2. The van der Waals surface area contributed by atoms with E-state index < -0.39 is 28.9 Å². The average molecular weight is 329 g/mol. The minimum absolute atomic E-state index is 0.243. The van der Waals surface area contributed by atoms with E-state index in [1.165, 1.54) is 0 Å². The molecule has 4 nitrogen and oxygen atoms in total. The van der Waals surface area contributed by atoms with Crippen LogP contribution in [0, 0.1) is 0 Å². The fraction of sp³-hybridized carbons (Fsp3) is 0.200. The third kappa shape index (κ3) is 3.54. The summed E-state index contributed by atoms with van der Waals surface area (Å²) in [5.74, 6) is -1.64. The number of hydrogen-bond donors (Lipinski definition) is 1. The van der Waals surface area contributed by atoms with Crippen LogP contribution >= 0.6 is 11.5 Å². The Labute approximate surface area is 117 Å². The molecule has 0 atom stereocenters. The molecule has 1 aromatic heterocycles. The molecule has 0 saturated heterocycles. The summed E-state index contributed by atoms with van der Waals surface area (Å²) in [5, 5.41) is -0.478. The molecular weight excluding hydrogens is 324 g/mol. The van der Waals surface area contributed by atoms with Crippen molar-refractivity contribution in [2.45, 2.75) is 12.4 Å². The standard InChI is InChI=1S/C10H5F6N3OS/c11-9(12,13)4-1-2-6(5(17)3-4)20-8-18-7(19-21-8)10(14,15)16/h1-3H,17H2. The van der Waals surface area contributed by atoms with Gasteiger partial charge in [0.25, 0.3) is 11.0 Å². The number of halogens is 6. The minimum Gasteiger partial charge on any atom is -0.428 e. The first-order chi connectivity index (χ1) is 9.57. The molecule has 0 radical (unpaired) electrons. The number of hydrogen-bond acceptors (Lipinski definition) is 5. The highest BCUT2D eigenvalue weighted by molar-refractivity contribution is 7.07. The molecule has 2 rings (SSSR count). The Morgan fingerprint density at radius 2 is 1.71 bits per heavy atom. The lowest BCUT2D eigenvalue weighted by Gasteiger charge is -2.10. The second-order valence-electron chi connectivity index (χ2n) is 3.73. The van der Waals surface area contributed by atoms with Crippen LogP contribution in [0.2, 0.25) is 0 Å². The maximum atomic E-state index is 12.4. The lowest BCUT2D eigenvalue weighted by molar-refractivity contribution is -0.144. The number of anilines is 1. The van der Waals surface area contributed by atoms with E-state index in [9.17, 15) is 26.3 Å². The van der Waals surface area contributed by atoms with Gasteiger partial charge in [0.05, 0.1) is 11.3 Å². The third-order valence-electron chi connectivity index (χ3n) is 2.20. The van der Waals surface area contributed by atoms with Crippen molar-refractivity contribution in [1.82, 2.24) is 9.36 Å². The van der Waals surface area contributed by atoms with Gasteiger partial charge >= 0.3 is 12.4 Å². The summed E-state index contributed by atoms with van der Waals surface area (Å²) >= 11 is 0.309. The van der Waals surface area contributed by atoms with Crippen LogP contribution in [0.4, 0.5) is 32.0 Å². The minimum atomic E-state index is -4.73. The number of alkyl halides is 6. The molecule has 0 aliphatic carbocycles. The van der Waals surface area contributed by atoms with Gasteiger partial charge in [0.1, 0.15) is 0 Å². The van der Waals surface area contributed by atoms with E-state index in [2.05, 4.69) is 9.36 Å². The van der Waals surface area contributed by atoms with E-state index in [1.807, 2.05) is 0 Å². The summed E-state index contributed by atoms with van der Waals surface area (Å²) in [6.45, 7) is 0. The van der Waals surface area contributed by atoms with Crippen molar-refractivity contribution < 1.29 is 31.1 Å². The van der Waals surface area contributed by atoms with E-state index in [1.54, 1.807) is 0 Å². The molecule has 0 spiro atoms. The monoisotopic (exact) mass is 329 g/mol. The second-order valence-corrected chi connectivity index (χ2v) is 4.45. The van der Waals surface area contributed by atoms with Crippen LogP contribution in [-0.4, -0.2) is 9.36 Å². The predicted molar refractivity (Wildman–Crippen MR) is 60.8 cm³/mol. The first-order valence-corrected chi connectivity index (χ1v) is 5.90. The highest BCUT2D eigenvalue weighted by Gasteiger charge is 2.36. The van der Waals surface area contributed by atoms with Crippen LogP contribution in [0.5, 0.6) is 10.9 Å². The van der Waals surface area contributed by atoms with Crippen molar-refractivity contribution in [3.05, 3.63) is 29.6 Å². The van der Waals surface area contributed by atoms with Gasteiger partial charge in [-0.2, -0.15) is 35.7 Å². The lowest BCUT2D eigenvalue weighted by atomic mass is 10.2. The summed E-state index contributed by atoms with van der Waals surface area (Å²) in [6, 6.07) is 2.20. The molecule has 0 fully saturated rings. The predicted octanol–water partition coefficient (Wildman–Crippen LogP) is 3.95. The van der Waals surface area contributed by atoms with Gasteiger partial charge in [-0.3, -0.25) is 0 Å². The Bertz CT molecular complexity index is 651. The first kappa shape index (κ1) is 15.4. The largest absolute Gasteiger partial charge is 0.452 e. The number of benzene rings is 1. The zero-order chi connectivity index (χ0) is 15.8. The van der Waals surface area contributed by atoms with Crippen molar-refractivity contribution in [3.63, 3.8) is 0 Å². The fourth-order valence-corrected chi connectivity index (χ4v) is 1.84. The molecule has 1 aromatic carbocycles. The molecule has 0 unspecified atom stereocenters. The zero-order valence-electron chi connectivity index (χ0n) is 9.79. The normalized spacial score (nSPS) is 12.5. The van der Waals surface area contributed by atoms with Crippen LogP contribution in [0.15, 0.2) is 18.2 Å². The second kappa shape index (κ2) is 5.06. The van der Waals surface area contributed by atoms with Gasteiger partial charge in [-0.25, -0.2) is 0 Å². The summed E-state index contributed by atoms with van der Waals surface area (Å²) in [6.07, 6.45) is -9.32. The highest BCUT2D eigenvalue weighted by Crippen LogP contribution is 2.36. The van der Waals surface area contributed by atoms with Gasteiger partial charge in [-0.1, -0.05) is 0 Å². The SMILES string of the molecule is Nc1cc(C(F)(F)F)ccc1Oc1nc(C(F)(F)F)ns1. The molecule has 21 heavy (non-hydrogen) atoms. The van der Waals surface area contributed by atoms with Gasteiger partial charge in [0, 0.05) is 11.5 Å². The maximum Gasteiger partial charge on any atom is 0.452 e. The van der Waals surface area contributed by atoms with Crippen LogP contribution in [0.25, 0.3) is 0 Å². The number of rotatable bonds is 2. The van der Waals surface area contributed by atoms with Crippen molar-refractivity contribution in [2.24, 2.45) is 0 Å². The van der Waals surface area contributed by atoms with E-state index >= 15 is 0 Å². The van der Waals surface area contributed by atoms with E-state index in [0.717, 1.165) is 6.07 Å². The molecule has 2 aromatic rings. The molecular formula is C10H5F6N3OS. The lowest BCUT2D eigenvalue weighted by Crippen LogP contribution is -2.07. The van der Waals surface area contributed by atoms with Crippen molar-refractivity contribution in [2.75, 3.05) is 5.73 Å². The Hall–Kier alpha value is -2.04. The molecule has 2 N–H and O–H groups in total. The number of ether oxygens (including phenoxy) is 1. The molecule has 114 valence electrons. The van der Waals surface area contributed by atoms with Crippen molar-refractivity contribution in [1.29, 1.82) is 0 Å². The highest BCUT2D eigenvalue weighted by atomic mass is 32.1. The van der Waals surface area contributed by atoms with Crippen molar-refractivity contribution >= 4 is 17.2 Å². The van der Waals surface area contributed by atoms with Gasteiger partial charge in [-0.05, 0) is 18.2 Å². The molecule has 11 heteroatoms. The first-order valence-electron chi connectivity index (χ1n) is 5.13. The smallest absolute Gasteiger partial charge is 0.428 e. The fourth-order valence-electron chi connectivity index (χ4n) is 1.28. The Kier molecular flexibility index (Phi) is 3.70. The Morgan fingerprint density at radius 3 is 2.19 bits per heavy atom. The van der Waals surface area contributed by atoms with Gasteiger partial charge in [0.2, 0.25) is 0 Å². The van der Waals surface area contributed by atoms with Crippen LogP contribution in [0.1, 0.15) is 11.4 Å². The van der Waals surface area contributed by atoms with E-state index in [0.29, 0.717) is 23.7 Å². The maximum absolute atomic E-state index is 12.4. The third-order valence-corrected chi connectivity index (χ3v) is 2.79. The summed E-state index contributed by atoms with van der Waals surface area (Å²) in [7, 11) is 0. The van der Waals surface area contributed by atoms with E-state index in [4.69, 9.17) is 10.5 Å². The molecule has 1 heterocycles. The molecule has 0 bridgehead atoms. The van der Waals surface area contributed by atoms with Gasteiger partial charge in [-0.15, -0.1) is 0 Å². The Morgan fingerprint density at radius 1 is 1.05 bits per heavy atom. The van der Waals surface area contributed by atoms with Crippen molar-refractivity contribution in [3.8, 4) is 10.9 Å². The molecule has 0 aliphatic heterocycles. The van der Waals surface area contributed by atoms with Gasteiger partial charge in [0.15, 0.2) is 5.75 Å². The quantitative estimate of drug-likeness (QED) is 0.669. The van der Waals surface area contributed by atoms with E-state index in [-0.39, 0.29) is 11.4 Å². The van der Waals surface area contributed by atoms with Crippen LogP contribution in [-0.2, 0) is 12.4 Å². The summed E-state index contributed by atoms with van der Waals surface area (Å²) < 4.78 is 82.0. The summed E-state index contributed by atoms with van der Waals surface area (Å²) in [4.78, 5) is 3.07. The zero-order valence-corrected chi connectivity index (χ0v) is 10.6. The molecule has 0 aliphatic rings. The number of nitrogens with zero attached hydrogens (tertiary/aromatic N) is 2. The number of nitrogens with two attached hydrogens (primary N) is 1. The molecule has 0 saturated carbocycles. The Balaban J connectivity index is 2.23. The van der Waals surface area contributed by atoms with Crippen LogP contribution < -0.4 is 10.5 Å². The molecule has 0 amide bonds. The number of nitrogen functional groups attached to an aromatic ring is 1. The topological polar surface area (TPSA) is 61.0 Å². The van der Waals surface area contributed by atoms with Gasteiger partial charge < -0.3 is 10.5 Å². The summed E-state index contributed by atoms with van der Waals surface area (Å²) in [5.41, 5.74) is 3.99.